The lowest BCUT2D eigenvalue weighted by Gasteiger charge is -2.10. The van der Waals surface area contributed by atoms with Gasteiger partial charge in [0, 0.05) is 17.5 Å². The molecule has 3 aromatic carbocycles. The lowest BCUT2D eigenvalue weighted by Crippen LogP contribution is -2.02. The summed E-state index contributed by atoms with van der Waals surface area (Å²) in [7, 11) is 0. The number of hydrogen-bond donors (Lipinski definition) is 0. The molecule has 3 aromatic rings. The van der Waals surface area contributed by atoms with E-state index in [-0.39, 0.29) is 6.10 Å². The second kappa shape index (κ2) is 5.62. The SMILES string of the molecule is N#Cc1ccc2c(c1-c1ccccc1)CC(c1ccccc1)O2. The number of benzene rings is 3. The Kier molecular flexibility index (Phi) is 3.33. The summed E-state index contributed by atoms with van der Waals surface area (Å²) in [6.07, 6.45) is 0.807. The Balaban J connectivity index is 1.82. The Labute approximate surface area is 135 Å². The number of rotatable bonds is 2. The van der Waals surface area contributed by atoms with E-state index in [1.807, 2.05) is 60.7 Å². The van der Waals surface area contributed by atoms with E-state index in [0.717, 1.165) is 28.9 Å². The average Bonchev–Trinajstić information content (AvgIpc) is 3.06. The van der Waals surface area contributed by atoms with Crippen molar-refractivity contribution in [2.45, 2.75) is 12.5 Å². The van der Waals surface area contributed by atoms with Gasteiger partial charge in [-0.15, -0.1) is 0 Å². The maximum atomic E-state index is 9.50. The molecule has 0 amide bonds. The van der Waals surface area contributed by atoms with Gasteiger partial charge < -0.3 is 4.74 Å². The molecule has 0 bridgehead atoms. The Hall–Kier alpha value is -3.05. The summed E-state index contributed by atoms with van der Waals surface area (Å²) in [6.45, 7) is 0. The summed E-state index contributed by atoms with van der Waals surface area (Å²) >= 11 is 0. The Morgan fingerprint density at radius 2 is 1.57 bits per heavy atom. The summed E-state index contributed by atoms with van der Waals surface area (Å²) in [5.74, 6) is 0.886. The molecule has 0 N–H and O–H groups in total. The third-order valence-electron chi connectivity index (χ3n) is 4.28. The van der Waals surface area contributed by atoms with Crippen molar-refractivity contribution >= 4 is 0 Å². The molecule has 0 fully saturated rings. The molecule has 2 nitrogen and oxygen atoms in total. The summed E-state index contributed by atoms with van der Waals surface area (Å²) < 4.78 is 6.15. The van der Waals surface area contributed by atoms with Crippen molar-refractivity contribution in [1.82, 2.24) is 0 Å². The first-order valence-electron chi connectivity index (χ1n) is 7.70. The van der Waals surface area contributed by atoms with Gasteiger partial charge in [0.15, 0.2) is 0 Å². The highest BCUT2D eigenvalue weighted by Crippen LogP contribution is 2.43. The molecule has 2 heteroatoms. The van der Waals surface area contributed by atoms with Gasteiger partial charge in [-0.3, -0.25) is 0 Å². The fourth-order valence-electron chi connectivity index (χ4n) is 3.20. The monoisotopic (exact) mass is 297 g/mol. The second-order valence-electron chi connectivity index (χ2n) is 5.66. The number of nitriles is 1. The first kappa shape index (κ1) is 13.6. The molecule has 110 valence electrons. The van der Waals surface area contributed by atoms with Crippen LogP contribution in [0.5, 0.6) is 5.75 Å². The lowest BCUT2D eigenvalue weighted by atomic mass is 9.91. The van der Waals surface area contributed by atoms with E-state index in [1.54, 1.807) is 0 Å². The van der Waals surface area contributed by atoms with E-state index >= 15 is 0 Å². The highest BCUT2D eigenvalue weighted by atomic mass is 16.5. The van der Waals surface area contributed by atoms with Gasteiger partial charge in [0.05, 0.1) is 11.6 Å². The molecule has 1 atom stereocenters. The predicted octanol–water partition coefficient (Wildman–Crippen LogP) is 4.90. The molecular weight excluding hydrogens is 282 g/mol. The Morgan fingerprint density at radius 1 is 0.870 bits per heavy atom. The smallest absolute Gasteiger partial charge is 0.128 e. The van der Waals surface area contributed by atoms with E-state index < -0.39 is 0 Å². The van der Waals surface area contributed by atoms with Crippen LogP contribution in [0.25, 0.3) is 11.1 Å². The maximum Gasteiger partial charge on any atom is 0.128 e. The zero-order valence-electron chi connectivity index (χ0n) is 12.6. The first-order chi connectivity index (χ1) is 11.4. The number of fused-ring (bicyclic) bond motifs is 1. The van der Waals surface area contributed by atoms with Gasteiger partial charge in [-0.05, 0) is 23.3 Å². The van der Waals surface area contributed by atoms with Crippen molar-refractivity contribution in [3.63, 3.8) is 0 Å². The molecular formula is C21H15NO. The molecule has 0 aromatic heterocycles. The molecule has 1 unspecified atom stereocenters. The summed E-state index contributed by atoms with van der Waals surface area (Å²) in [4.78, 5) is 0. The van der Waals surface area contributed by atoms with Crippen LogP contribution < -0.4 is 4.74 Å². The van der Waals surface area contributed by atoms with Crippen LogP contribution in [0.2, 0.25) is 0 Å². The van der Waals surface area contributed by atoms with Gasteiger partial charge in [-0.1, -0.05) is 60.7 Å². The average molecular weight is 297 g/mol. The molecule has 0 spiro atoms. The first-order valence-corrected chi connectivity index (χ1v) is 7.70. The molecule has 0 aliphatic carbocycles. The van der Waals surface area contributed by atoms with Crippen LogP contribution in [0.4, 0.5) is 0 Å². The third-order valence-corrected chi connectivity index (χ3v) is 4.28. The molecule has 4 rings (SSSR count). The van der Waals surface area contributed by atoms with Crippen LogP contribution in [-0.2, 0) is 6.42 Å². The molecule has 0 radical (unpaired) electrons. The van der Waals surface area contributed by atoms with E-state index in [1.165, 1.54) is 5.56 Å². The highest BCUT2D eigenvalue weighted by molar-refractivity contribution is 5.77. The van der Waals surface area contributed by atoms with Crippen LogP contribution in [0.3, 0.4) is 0 Å². The van der Waals surface area contributed by atoms with Crippen molar-refractivity contribution in [3.05, 3.63) is 89.5 Å². The fraction of sp³-hybridized carbons (Fsp3) is 0.0952. The van der Waals surface area contributed by atoms with Crippen molar-refractivity contribution in [2.24, 2.45) is 0 Å². The zero-order chi connectivity index (χ0) is 15.6. The van der Waals surface area contributed by atoms with Crippen molar-refractivity contribution < 1.29 is 4.74 Å². The van der Waals surface area contributed by atoms with Gasteiger partial charge in [0.25, 0.3) is 0 Å². The topological polar surface area (TPSA) is 33.0 Å². The predicted molar refractivity (Wildman–Crippen MR) is 90.1 cm³/mol. The molecule has 1 aliphatic rings. The highest BCUT2D eigenvalue weighted by Gasteiger charge is 2.28. The van der Waals surface area contributed by atoms with Crippen molar-refractivity contribution in [1.29, 1.82) is 5.26 Å². The van der Waals surface area contributed by atoms with Gasteiger partial charge in [0.1, 0.15) is 11.9 Å². The second-order valence-corrected chi connectivity index (χ2v) is 5.66. The Bertz CT molecular complexity index is 879. The van der Waals surface area contributed by atoms with Gasteiger partial charge in [-0.2, -0.15) is 5.26 Å². The molecule has 0 saturated heterocycles. The minimum Gasteiger partial charge on any atom is -0.485 e. The van der Waals surface area contributed by atoms with E-state index in [4.69, 9.17) is 4.74 Å². The maximum absolute atomic E-state index is 9.50. The van der Waals surface area contributed by atoms with Gasteiger partial charge in [0.2, 0.25) is 0 Å². The van der Waals surface area contributed by atoms with Crippen molar-refractivity contribution in [3.8, 4) is 22.9 Å². The number of nitrogens with zero attached hydrogens (tertiary/aromatic N) is 1. The molecule has 1 heterocycles. The largest absolute Gasteiger partial charge is 0.485 e. The standard InChI is InChI=1S/C21H15NO/c22-14-17-11-12-19-18(21(17)16-9-5-2-6-10-16)13-20(23-19)15-7-3-1-4-8-15/h1-12,20H,13H2. The molecule has 0 saturated carbocycles. The lowest BCUT2D eigenvalue weighted by molar-refractivity contribution is 0.238. The number of ether oxygens (including phenoxy) is 1. The van der Waals surface area contributed by atoms with Crippen LogP contribution in [0.1, 0.15) is 22.8 Å². The van der Waals surface area contributed by atoms with E-state index in [0.29, 0.717) is 5.56 Å². The minimum atomic E-state index is 0.0163. The zero-order valence-corrected chi connectivity index (χ0v) is 12.6. The quantitative estimate of drug-likeness (QED) is 0.674. The Morgan fingerprint density at radius 3 is 2.26 bits per heavy atom. The third kappa shape index (κ3) is 2.37. The fourth-order valence-corrected chi connectivity index (χ4v) is 3.20. The normalized spacial score (nSPS) is 15.5. The molecule has 1 aliphatic heterocycles. The summed E-state index contributed by atoms with van der Waals surface area (Å²) in [5, 5.41) is 9.50. The van der Waals surface area contributed by atoms with Crippen LogP contribution in [-0.4, -0.2) is 0 Å². The van der Waals surface area contributed by atoms with Crippen LogP contribution >= 0.6 is 0 Å². The number of hydrogen-bond acceptors (Lipinski definition) is 2. The minimum absolute atomic E-state index is 0.0163. The van der Waals surface area contributed by atoms with Crippen molar-refractivity contribution in [2.75, 3.05) is 0 Å². The van der Waals surface area contributed by atoms with E-state index in [2.05, 4.69) is 18.2 Å². The molecule has 23 heavy (non-hydrogen) atoms. The van der Waals surface area contributed by atoms with E-state index in [9.17, 15) is 5.26 Å². The summed E-state index contributed by atoms with van der Waals surface area (Å²) in [6, 6.07) is 26.4. The van der Waals surface area contributed by atoms with Crippen LogP contribution in [0, 0.1) is 11.3 Å². The van der Waals surface area contributed by atoms with Gasteiger partial charge in [-0.25, -0.2) is 0 Å². The summed E-state index contributed by atoms with van der Waals surface area (Å²) in [5.41, 5.74) is 5.07. The van der Waals surface area contributed by atoms with Crippen LogP contribution in [0.15, 0.2) is 72.8 Å². The van der Waals surface area contributed by atoms with Gasteiger partial charge >= 0.3 is 0 Å².